The Balaban J connectivity index is 2.48. The Bertz CT molecular complexity index is 650. The molecule has 7 heteroatoms. The molecule has 19 heavy (non-hydrogen) atoms. The number of benzene rings is 1. The second-order valence-electron chi connectivity index (χ2n) is 3.57. The first-order valence-corrected chi connectivity index (χ1v) is 5.85. The number of hydrogen-bond donors (Lipinski definition) is 2. The number of hydrogen-bond acceptors (Lipinski definition) is 3. The fourth-order valence-corrected chi connectivity index (χ4v) is 1.74. The normalized spacial score (nSPS) is 10.3. The van der Waals surface area contributed by atoms with Crippen molar-refractivity contribution < 1.29 is 14.3 Å². The van der Waals surface area contributed by atoms with Crippen molar-refractivity contribution in [2.75, 3.05) is 5.32 Å². The fourth-order valence-electron chi connectivity index (χ4n) is 1.41. The van der Waals surface area contributed by atoms with E-state index < -0.39 is 16.9 Å². The molecule has 98 valence electrons. The molecule has 1 heterocycles. The third kappa shape index (κ3) is 2.94. The van der Waals surface area contributed by atoms with Gasteiger partial charge in [0, 0.05) is 0 Å². The number of para-hydroxylation sites is 1. The number of aromatic nitrogens is 1. The molecular weight excluding hydrogens is 294 g/mol. The zero-order valence-corrected chi connectivity index (χ0v) is 10.8. The Labute approximate surface area is 117 Å². The van der Waals surface area contributed by atoms with E-state index in [4.69, 9.17) is 28.3 Å². The highest BCUT2D eigenvalue weighted by Gasteiger charge is 2.16. The molecule has 1 aromatic carbocycles. The summed E-state index contributed by atoms with van der Waals surface area (Å²) < 4.78 is 13.2. The number of anilines is 2. The van der Waals surface area contributed by atoms with Gasteiger partial charge < -0.3 is 10.4 Å². The number of nitrogens with one attached hydrogen (secondary N) is 1. The van der Waals surface area contributed by atoms with E-state index in [0.717, 1.165) is 6.07 Å². The van der Waals surface area contributed by atoms with Crippen molar-refractivity contribution >= 4 is 40.7 Å². The maximum absolute atomic E-state index is 13.2. The number of carboxylic acid groups (broad SMARTS) is 1. The molecule has 0 atom stereocenters. The van der Waals surface area contributed by atoms with Crippen molar-refractivity contribution in [1.82, 2.24) is 4.98 Å². The van der Waals surface area contributed by atoms with Crippen LogP contribution in [0.25, 0.3) is 0 Å². The number of carboxylic acids is 1. The van der Waals surface area contributed by atoms with Gasteiger partial charge in [-0.3, -0.25) is 0 Å². The van der Waals surface area contributed by atoms with E-state index in [-0.39, 0.29) is 11.4 Å². The fraction of sp³-hybridized carbons (Fsp3) is 0. The largest absolute Gasteiger partial charge is 0.478 e. The van der Waals surface area contributed by atoms with Crippen LogP contribution in [0, 0.1) is 5.82 Å². The lowest BCUT2D eigenvalue weighted by Gasteiger charge is -2.10. The summed E-state index contributed by atoms with van der Waals surface area (Å²) in [7, 11) is 0. The predicted octanol–water partition coefficient (Wildman–Crippen LogP) is 3.97. The van der Waals surface area contributed by atoms with Gasteiger partial charge in [-0.2, -0.15) is 0 Å². The molecule has 2 rings (SSSR count). The number of rotatable bonds is 3. The molecule has 0 aliphatic heterocycles. The van der Waals surface area contributed by atoms with Crippen LogP contribution in [0.1, 0.15) is 10.4 Å². The van der Waals surface area contributed by atoms with Crippen LogP contribution in [0.5, 0.6) is 0 Å². The highest BCUT2D eigenvalue weighted by Crippen LogP contribution is 2.27. The van der Waals surface area contributed by atoms with Crippen LogP contribution in [0.2, 0.25) is 10.2 Å². The van der Waals surface area contributed by atoms with Gasteiger partial charge >= 0.3 is 5.97 Å². The van der Waals surface area contributed by atoms with Gasteiger partial charge in [-0.1, -0.05) is 35.3 Å². The molecule has 1 aromatic heterocycles. The highest BCUT2D eigenvalue weighted by atomic mass is 35.5. The molecule has 0 saturated heterocycles. The Hall–Kier alpha value is -1.85. The first-order chi connectivity index (χ1) is 8.99. The third-order valence-corrected chi connectivity index (χ3v) is 2.89. The first-order valence-electron chi connectivity index (χ1n) is 5.10. The zero-order valence-electron chi connectivity index (χ0n) is 9.32. The number of aromatic carboxylic acids is 1. The molecule has 0 unspecified atom stereocenters. The summed E-state index contributed by atoms with van der Waals surface area (Å²) in [5.41, 5.74) is 0.115. The lowest BCUT2D eigenvalue weighted by Crippen LogP contribution is -2.06. The van der Waals surface area contributed by atoms with Crippen LogP contribution in [-0.2, 0) is 0 Å². The smallest absolute Gasteiger partial charge is 0.339 e. The Kier molecular flexibility index (Phi) is 3.87. The summed E-state index contributed by atoms with van der Waals surface area (Å²) in [6, 6.07) is 7.48. The molecular formula is C12H7Cl2FN2O2. The zero-order chi connectivity index (χ0) is 14.0. The summed E-state index contributed by atoms with van der Waals surface area (Å²) in [6.07, 6.45) is 0. The predicted molar refractivity (Wildman–Crippen MR) is 70.9 cm³/mol. The summed E-state index contributed by atoms with van der Waals surface area (Å²) in [6.45, 7) is 0. The second kappa shape index (κ2) is 5.42. The molecule has 0 aliphatic carbocycles. The van der Waals surface area contributed by atoms with Crippen molar-refractivity contribution in [3.05, 3.63) is 51.9 Å². The van der Waals surface area contributed by atoms with Gasteiger partial charge in [0.05, 0.1) is 10.7 Å². The summed E-state index contributed by atoms with van der Waals surface area (Å²) >= 11 is 11.5. The highest BCUT2D eigenvalue weighted by molar-refractivity contribution is 6.33. The van der Waals surface area contributed by atoms with E-state index in [0.29, 0.717) is 10.7 Å². The quantitative estimate of drug-likeness (QED) is 0.842. The number of halogens is 3. The molecule has 0 aliphatic rings. The average molecular weight is 301 g/mol. The monoisotopic (exact) mass is 300 g/mol. The van der Waals surface area contributed by atoms with Gasteiger partial charge in [-0.25, -0.2) is 14.2 Å². The molecule has 0 bridgehead atoms. The van der Waals surface area contributed by atoms with Gasteiger partial charge in [0.1, 0.15) is 11.4 Å². The van der Waals surface area contributed by atoms with E-state index >= 15 is 0 Å². The number of pyridine rings is 1. The summed E-state index contributed by atoms with van der Waals surface area (Å²) in [4.78, 5) is 14.7. The summed E-state index contributed by atoms with van der Waals surface area (Å²) in [5, 5.41) is 11.7. The van der Waals surface area contributed by atoms with Gasteiger partial charge in [-0.15, -0.1) is 0 Å². The molecule has 0 saturated carbocycles. The third-order valence-electron chi connectivity index (χ3n) is 2.29. The summed E-state index contributed by atoms with van der Waals surface area (Å²) in [5.74, 6) is -2.30. The number of nitrogens with zero attached hydrogens (tertiary/aromatic N) is 1. The minimum absolute atomic E-state index is 0.0769. The van der Waals surface area contributed by atoms with Crippen molar-refractivity contribution in [3.8, 4) is 0 Å². The van der Waals surface area contributed by atoms with Gasteiger partial charge in [0.2, 0.25) is 0 Å². The topological polar surface area (TPSA) is 62.2 Å². The first kappa shape index (κ1) is 13.6. The van der Waals surface area contributed by atoms with Crippen LogP contribution >= 0.6 is 23.2 Å². The lowest BCUT2D eigenvalue weighted by atomic mass is 10.2. The van der Waals surface area contributed by atoms with Crippen LogP contribution in [0.4, 0.5) is 15.9 Å². The van der Waals surface area contributed by atoms with Crippen LogP contribution in [0.3, 0.4) is 0 Å². The molecule has 0 radical (unpaired) electrons. The van der Waals surface area contributed by atoms with Crippen LogP contribution in [0.15, 0.2) is 30.3 Å². The molecule has 0 amide bonds. The average Bonchev–Trinajstić information content (AvgIpc) is 2.36. The van der Waals surface area contributed by atoms with E-state index in [1.54, 1.807) is 24.3 Å². The molecule has 2 aromatic rings. The van der Waals surface area contributed by atoms with Crippen LogP contribution in [-0.4, -0.2) is 16.1 Å². The SMILES string of the molecule is O=C(O)c1cc(F)c(Cl)nc1Nc1ccccc1Cl. The van der Waals surface area contributed by atoms with Gasteiger partial charge in [0.15, 0.2) is 11.0 Å². The minimum atomic E-state index is -1.32. The Morgan fingerprint density at radius 1 is 1.32 bits per heavy atom. The van der Waals surface area contributed by atoms with Gasteiger partial charge in [0.25, 0.3) is 0 Å². The van der Waals surface area contributed by atoms with E-state index in [2.05, 4.69) is 10.3 Å². The van der Waals surface area contributed by atoms with E-state index in [1.807, 2.05) is 0 Å². The van der Waals surface area contributed by atoms with Crippen molar-refractivity contribution in [2.45, 2.75) is 0 Å². The van der Waals surface area contributed by atoms with Crippen molar-refractivity contribution in [3.63, 3.8) is 0 Å². The molecule has 0 spiro atoms. The molecule has 4 nitrogen and oxygen atoms in total. The lowest BCUT2D eigenvalue weighted by molar-refractivity contribution is 0.0697. The minimum Gasteiger partial charge on any atom is -0.478 e. The van der Waals surface area contributed by atoms with E-state index in [9.17, 15) is 9.18 Å². The van der Waals surface area contributed by atoms with Crippen molar-refractivity contribution in [1.29, 1.82) is 0 Å². The number of carbonyl (C=O) groups is 1. The Morgan fingerprint density at radius 3 is 2.63 bits per heavy atom. The standard InChI is InChI=1S/C12H7Cl2FN2O2/c13-7-3-1-2-4-9(7)16-11-6(12(18)19)5-8(15)10(14)17-11/h1-5H,(H,16,17)(H,18,19). The van der Waals surface area contributed by atoms with Crippen molar-refractivity contribution in [2.24, 2.45) is 0 Å². The van der Waals surface area contributed by atoms with E-state index in [1.165, 1.54) is 0 Å². The van der Waals surface area contributed by atoms with Gasteiger partial charge in [-0.05, 0) is 18.2 Å². The second-order valence-corrected chi connectivity index (χ2v) is 4.33. The molecule has 2 N–H and O–H groups in total. The van der Waals surface area contributed by atoms with Crippen LogP contribution < -0.4 is 5.32 Å². The molecule has 0 fully saturated rings. The Morgan fingerprint density at radius 2 is 2.00 bits per heavy atom. The maximum Gasteiger partial charge on any atom is 0.339 e. The maximum atomic E-state index is 13.2.